The molecule has 0 radical (unpaired) electrons. The van der Waals surface area contributed by atoms with Gasteiger partial charge in [-0.05, 0) is 31.7 Å². The summed E-state index contributed by atoms with van der Waals surface area (Å²) >= 11 is 0. The Balaban J connectivity index is 2.01. The Hall–Kier alpha value is -0.910. The van der Waals surface area contributed by atoms with Crippen LogP contribution in [-0.4, -0.2) is 43.4 Å². The van der Waals surface area contributed by atoms with Crippen LogP contribution in [0.5, 0.6) is 5.75 Å². The van der Waals surface area contributed by atoms with Crippen LogP contribution in [0.1, 0.15) is 6.42 Å². The zero-order valence-corrected chi connectivity index (χ0v) is 12.2. The van der Waals surface area contributed by atoms with Crippen molar-refractivity contribution in [1.29, 1.82) is 0 Å². The second kappa shape index (κ2) is 7.03. The van der Waals surface area contributed by atoms with E-state index >= 15 is 0 Å². The molecule has 0 bridgehead atoms. The molecule has 0 saturated carbocycles. The zero-order valence-electron chi connectivity index (χ0n) is 11.4. The van der Waals surface area contributed by atoms with Crippen molar-refractivity contribution >= 4 is 10.8 Å². The molecule has 1 heterocycles. The molecule has 3 unspecified atom stereocenters. The number of nitrogens with one attached hydrogen (secondary N) is 1. The molecule has 0 aliphatic carbocycles. The van der Waals surface area contributed by atoms with E-state index < -0.39 is 10.8 Å². The second-order valence-electron chi connectivity index (χ2n) is 4.71. The van der Waals surface area contributed by atoms with Gasteiger partial charge >= 0.3 is 0 Å². The molecule has 1 N–H and O–H groups in total. The molecule has 19 heavy (non-hydrogen) atoms. The third-order valence-electron chi connectivity index (χ3n) is 3.54. The van der Waals surface area contributed by atoms with E-state index in [2.05, 4.69) is 5.32 Å². The molecule has 1 fully saturated rings. The summed E-state index contributed by atoms with van der Waals surface area (Å²) in [5.74, 6) is 1.81. The number of hydrogen-bond acceptors (Lipinski definition) is 4. The summed E-state index contributed by atoms with van der Waals surface area (Å²) in [6.45, 7) is 1.58. The van der Waals surface area contributed by atoms with Gasteiger partial charge in [0.05, 0.1) is 24.5 Å². The number of methoxy groups -OCH3 is 1. The standard InChI is InChI=1S/C14H21NO3S/c1-15-14(11-6-7-18-9-11)10-19(16)13-5-3-4-12(8-13)17-2/h3-5,8,11,14-15H,6-7,9-10H2,1-2H3. The summed E-state index contributed by atoms with van der Waals surface area (Å²) in [6.07, 6.45) is 1.04. The van der Waals surface area contributed by atoms with Gasteiger partial charge in [-0.2, -0.15) is 0 Å². The molecule has 2 rings (SSSR count). The van der Waals surface area contributed by atoms with Gasteiger partial charge in [0.1, 0.15) is 5.75 Å². The predicted octanol–water partition coefficient (Wildman–Crippen LogP) is 1.43. The Morgan fingerprint density at radius 1 is 1.58 bits per heavy atom. The van der Waals surface area contributed by atoms with Crippen molar-refractivity contribution in [1.82, 2.24) is 5.32 Å². The van der Waals surface area contributed by atoms with E-state index in [1.807, 2.05) is 31.3 Å². The van der Waals surface area contributed by atoms with E-state index in [0.717, 1.165) is 30.3 Å². The van der Waals surface area contributed by atoms with Crippen molar-refractivity contribution < 1.29 is 13.7 Å². The topological polar surface area (TPSA) is 47.6 Å². The van der Waals surface area contributed by atoms with Gasteiger partial charge in [-0.15, -0.1) is 0 Å². The van der Waals surface area contributed by atoms with Gasteiger partial charge in [0, 0.05) is 29.2 Å². The second-order valence-corrected chi connectivity index (χ2v) is 6.21. The molecule has 1 saturated heterocycles. The van der Waals surface area contributed by atoms with Gasteiger partial charge < -0.3 is 14.8 Å². The number of rotatable bonds is 6. The lowest BCUT2D eigenvalue weighted by molar-refractivity contribution is 0.179. The molecule has 1 aromatic rings. The van der Waals surface area contributed by atoms with E-state index in [1.165, 1.54) is 0 Å². The maximum absolute atomic E-state index is 12.4. The summed E-state index contributed by atoms with van der Waals surface area (Å²) in [5, 5.41) is 3.27. The zero-order chi connectivity index (χ0) is 13.7. The van der Waals surface area contributed by atoms with Crippen LogP contribution >= 0.6 is 0 Å². The Labute approximate surface area is 116 Å². The number of hydrogen-bond donors (Lipinski definition) is 1. The molecular weight excluding hydrogens is 262 g/mol. The van der Waals surface area contributed by atoms with Crippen LogP contribution in [0.25, 0.3) is 0 Å². The molecule has 106 valence electrons. The fourth-order valence-electron chi connectivity index (χ4n) is 2.33. The summed E-state index contributed by atoms with van der Waals surface area (Å²) in [6, 6.07) is 7.69. The maximum Gasteiger partial charge on any atom is 0.120 e. The Morgan fingerprint density at radius 3 is 3.05 bits per heavy atom. The number of ether oxygens (including phenoxy) is 2. The molecule has 0 aromatic heterocycles. The van der Waals surface area contributed by atoms with Crippen LogP contribution in [0.3, 0.4) is 0 Å². The fraction of sp³-hybridized carbons (Fsp3) is 0.571. The van der Waals surface area contributed by atoms with Crippen LogP contribution in [0.15, 0.2) is 29.2 Å². The predicted molar refractivity (Wildman–Crippen MR) is 76.0 cm³/mol. The highest BCUT2D eigenvalue weighted by Gasteiger charge is 2.26. The lowest BCUT2D eigenvalue weighted by atomic mass is 10.0. The lowest BCUT2D eigenvalue weighted by Gasteiger charge is -2.21. The first-order valence-electron chi connectivity index (χ1n) is 6.52. The Bertz CT molecular complexity index is 432. The van der Waals surface area contributed by atoms with Crippen LogP contribution in [0.4, 0.5) is 0 Å². The molecule has 0 spiro atoms. The highest BCUT2D eigenvalue weighted by Crippen LogP contribution is 2.21. The minimum absolute atomic E-state index is 0.231. The fourth-order valence-corrected chi connectivity index (χ4v) is 3.76. The third kappa shape index (κ3) is 3.78. The smallest absolute Gasteiger partial charge is 0.120 e. The molecular formula is C14H21NO3S. The lowest BCUT2D eigenvalue weighted by Crippen LogP contribution is -2.38. The van der Waals surface area contributed by atoms with Gasteiger partial charge in [0.15, 0.2) is 0 Å². The van der Waals surface area contributed by atoms with Gasteiger partial charge in [-0.25, -0.2) is 0 Å². The van der Waals surface area contributed by atoms with Gasteiger partial charge in [0.25, 0.3) is 0 Å². The summed E-state index contributed by atoms with van der Waals surface area (Å²) in [7, 11) is 2.52. The normalized spacial score (nSPS) is 22.1. The van der Waals surface area contributed by atoms with Crippen molar-refractivity contribution in [2.45, 2.75) is 17.4 Å². The highest BCUT2D eigenvalue weighted by atomic mass is 32.2. The van der Waals surface area contributed by atoms with Gasteiger partial charge in [0.2, 0.25) is 0 Å². The first-order valence-corrected chi connectivity index (χ1v) is 7.84. The molecule has 1 aromatic carbocycles. The molecule has 1 aliphatic rings. The van der Waals surface area contributed by atoms with E-state index in [1.54, 1.807) is 7.11 Å². The Kier molecular flexibility index (Phi) is 5.36. The minimum atomic E-state index is -1.02. The van der Waals surface area contributed by atoms with Gasteiger partial charge in [-0.3, -0.25) is 4.21 Å². The summed E-state index contributed by atoms with van der Waals surface area (Å²) in [5.41, 5.74) is 0. The van der Waals surface area contributed by atoms with Crippen molar-refractivity contribution in [3.63, 3.8) is 0 Å². The average Bonchev–Trinajstić information content (AvgIpc) is 2.98. The minimum Gasteiger partial charge on any atom is -0.497 e. The largest absolute Gasteiger partial charge is 0.497 e. The van der Waals surface area contributed by atoms with Crippen molar-refractivity contribution in [2.24, 2.45) is 5.92 Å². The number of benzene rings is 1. The first-order chi connectivity index (χ1) is 9.24. The average molecular weight is 283 g/mol. The van der Waals surface area contributed by atoms with Crippen LogP contribution in [0.2, 0.25) is 0 Å². The summed E-state index contributed by atoms with van der Waals surface area (Å²) < 4.78 is 23.0. The maximum atomic E-state index is 12.4. The molecule has 5 heteroatoms. The van der Waals surface area contributed by atoms with E-state index in [4.69, 9.17) is 9.47 Å². The monoisotopic (exact) mass is 283 g/mol. The van der Waals surface area contributed by atoms with Crippen molar-refractivity contribution in [3.8, 4) is 5.75 Å². The summed E-state index contributed by atoms with van der Waals surface area (Å²) in [4.78, 5) is 0.818. The van der Waals surface area contributed by atoms with E-state index in [-0.39, 0.29) is 6.04 Å². The molecule has 4 nitrogen and oxygen atoms in total. The van der Waals surface area contributed by atoms with Gasteiger partial charge in [-0.1, -0.05) is 6.07 Å². The van der Waals surface area contributed by atoms with E-state index in [9.17, 15) is 4.21 Å². The highest BCUT2D eigenvalue weighted by molar-refractivity contribution is 7.85. The SMILES string of the molecule is CNC(CS(=O)c1cccc(OC)c1)C1CCOC1. The van der Waals surface area contributed by atoms with Crippen LogP contribution in [-0.2, 0) is 15.5 Å². The van der Waals surface area contributed by atoms with Crippen LogP contribution < -0.4 is 10.1 Å². The Morgan fingerprint density at radius 2 is 2.42 bits per heavy atom. The van der Waals surface area contributed by atoms with Crippen LogP contribution in [0, 0.1) is 5.92 Å². The quantitative estimate of drug-likeness (QED) is 0.858. The molecule has 3 atom stereocenters. The molecule has 0 amide bonds. The van der Waals surface area contributed by atoms with Crippen molar-refractivity contribution in [3.05, 3.63) is 24.3 Å². The van der Waals surface area contributed by atoms with E-state index in [0.29, 0.717) is 11.7 Å². The molecule has 1 aliphatic heterocycles. The van der Waals surface area contributed by atoms with Crippen molar-refractivity contribution in [2.75, 3.05) is 33.1 Å². The first kappa shape index (κ1) is 14.5. The third-order valence-corrected chi connectivity index (χ3v) is 4.98.